The lowest BCUT2D eigenvalue weighted by atomic mass is 9.82. The lowest BCUT2D eigenvalue weighted by molar-refractivity contribution is -0.136. The summed E-state index contributed by atoms with van der Waals surface area (Å²) in [6.45, 7) is 10.4. The SMILES string of the molecule is Cc1nc(COC2CCOCC2)c(-c2ccc(OCCc3ccc(F)cc3)cc2)c(N2CCC(C)(C)CC2)c1CC(=O)O. The van der Waals surface area contributed by atoms with Gasteiger partial charge in [-0.1, -0.05) is 38.1 Å². The van der Waals surface area contributed by atoms with Gasteiger partial charge in [0, 0.05) is 49.5 Å². The highest BCUT2D eigenvalue weighted by molar-refractivity contribution is 5.86. The number of carbonyl (C=O) groups is 1. The van der Waals surface area contributed by atoms with Gasteiger partial charge < -0.3 is 24.2 Å². The van der Waals surface area contributed by atoms with Crippen LogP contribution in [0.1, 0.15) is 62.0 Å². The Hall–Kier alpha value is -3.49. The maximum atomic E-state index is 13.2. The van der Waals surface area contributed by atoms with Gasteiger partial charge in [0.1, 0.15) is 11.6 Å². The summed E-state index contributed by atoms with van der Waals surface area (Å²) in [6, 6.07) is 14.4. The lowest BCUT2D eigenvalue weighted by Gasteiger charge is -2.40. The molecule has 0 spiro atoms. The molecule has 1 aromatic heterocycles. The molecule has 2 fully saturated rings. The van der Waals surface area contributed by atoms with Crippen molar-refractivity contribution in [2.45, 2.75) is 72.0 Å². The van der Waals surface area contributed by atoms with Gasteiger partial charge in [0.05, 0.1) is 37.1 Å². The standard InChI is InChI=1S/C35H43FN2O5/c1-24-30(22-32(39)40)34(38-17-15-35(2,3)16-18-38)33(31(37-24)23-43-29-13-19-41-20-14-29)26-6-10-28(11-7-26)42-21-12-25-4-8-27(36)9-5-25/h4-11,29H,12-23H2,1-3H3,(H,39,40). The summed E-state index contributed by atoms with van der Waals surface area (Å²) in [5.41, 5.74) is 6.42. The van der Waals surface area contributed by atoms with Crippen molar-refractivity contribution < 1.29 is 28.5 Å². The second-order valence-corrected chi connectivity index (χ2v) is 12.4. The minimum absolute atomic E-state index is 0.0905. The molecule has 43 heavy (non-hydrogen) atoms. The number of carboxylic acids is 1. The molecular weight excluding hydrogens is 547 g/mol. The zero-order valence-electron chi connectivity index (χ0n) is 25.5. The maximum Gasteiger partial charge on any atom is 0.307 e. The Morgan fingerprint density at radius 1 is 1.07 bits per heavy atom. The quantitative estimate of drug-likeness (QED) is 0.264. The van der Waals surface area contributed by atoms with Crippen LogP contribution >= 0.6 is 0 Å². The van der Waals surface area contributed by atoms with Crippen LogP contribution in [0.2, 0.25) is 0 Å². The van der Waals surface area contributed by atoms with Gasteiger partial charge in [0.2, 0.25) is 0 Å². The molecular formula is C35H43FN2O5. The molecule has 7 nitrogen and oxygen atoms in total. The van der Waals surface area contributed by atoms with Gasteiger partial charge in [-0.05, 0) is 73.4 Å². The number of carboxylic acid groups (broad SMARTS) is 1. The lowest BCUT2D eigenvalue weighted by Crippen LogP contribution is -2.38. The highest BCUT2D eigenvalue weighted by atomic mass is 19.1. The van der Waals surface area contributed by atoms with Crippen molar-refractivity contribution in [2.24, 2.45) is 5.41 Å². The van der Waals surface area contributed by atoms with Gasteiger partial charge >= 0.3 is 5.97 Å². The van der Waals surface area contributed by atoms with Crippen molar-refractivity contribution in [1.29, 1.82) is 0 Å². The number of rotatable bonds is 11. The summed E-state index contributed by atoms with van der Waals surface area (Å²) in [6.07, 6.45) is 4.44. The summed E-state index contributed by atoms with van der Waals surface area (Å²) in [5, 5.41) is 9.90. The molecule has 1 N–H and O–H groups in total. The fourth-order valence-corrected chi connectivity index (χ4v) is 5.94. The molecule has 0 amide bonds. The molecule has 3 heterocycles. The number of aliphatic carboxylic acids is 1. The van der Waals surface area contributed by atoms with E-state index >= 15 is 0 Å². The Morgan fingerprint density at radius 2 is 1.74 bits per heavy atom. The molecule has 0 radical (unpaired) electrons. The molecule has 0 aliphatic carbocycles. The van der Waals surface area contributed by atoms with Crippen LogP contribution < -0.4 is 9.64 Å². The number of aromatic nitrogens is 1. The summed E-state index contributed by atoms with van der Waals surface area (Å²) in [7, 11) is 0. The van der Waals surface area contributed by atoms with E-state index in [-0.39, 0.29) is 23.8 Å². The van der Waals surface area contributed by atoms with Gasteiger partial charge in [-0.2, -0.15) is 0 Å². The Balaban J connectivity index is 1.47. The third kappa shape index (κ3) is 8.12. The Bertz CT molecular complexity index is 1370. The highest BCUT2D eigenvalue weighted by Gasteiger charge is 2.31. The van der Waals surface area contributed by atoms with Gasteiger partial charge in [0.15, 0.2) is 0 Å². The first kappa shape index (κ1) is 31.0. The number of hydrogen-bond acceptors (Lipinski definition) is 6. The minimum atomic E-state index is -0.870. The van der Waals surface area contributed by atoms with Crippen LogP contribution in [0, 0.1) is 18.2 Å². The highest BCUT2D eigenvalue weighted by Crippen LogP contribution is 2.42. The van der Waals surface area contributed by atoms with Crippen molar-refractivity contribution in [3.63, 3.8) is 0 Å². The number of ether oxygens (including phenoxy) is 3. The van der Waals surface area contributed by atoms with Gasteiger partial charge in [-0.25, -0.2) is 4.39 Å². The normalized spacial score (nSPS) is 17.2. The molecule has 0 bridgehead atoms. The Labute approximate surface area is 254 Å². The summed E-state index contributed by atoms with van der Waals surface area (Å²) < 4.78 is 31.2. The van der Waals surface area contributed by atoms with Crippen molar-refractivity contribution in [3.8, 4) is 16.9 Å². The molecule has 3 aromatic rings. The predicted octanol–water partition coefficient (Wildman–Crippen LogP) is 6.77. The molecule has 2 saturated heterocycles. The first-order valence-electron chi connectivity index (χ1n) is 15.3. The topological polar surface area (TPSA) is 81.1 Å². The first-order chi connectivity index (χ1) is 20.7. The summed E-state index contributed by atoms with van der Waals surface area (Å²) in [4.78, 5) is 19.4. The van der Waals surface area contributed by atoms with Crippen LogP contribution in [0.15, 0.2) is 48.5 Å². The summed E-state index contributed by atoms with van der Waals surface area (Å²) in [5.74, 6) is -0.383. The molecule has 2 aromatic carbocycles. The molecule has 2 aliphatic heterocycles. The molecule has 0 unspecified atom stereocenters. The average Bonchev–Trinajstić information content (AvgIpc) is 2.99. The van der Waals surface area contributed by atoms with Crippen LogP contribution in [0.5, 0.6) is 5.75 Å². The van der Waals surface area contributed by atoms with Crippen molar-refractivity contribution >= 4 is 11.7 Å². The molecule has 230 valence electrons. The number of piperidine rings is 1. The van der Waals surface area contributed by atoms with Crippen molar-refractivity contribution in [3.05, 3.63) is 76.9 Å². The van der Waals surface area contributed by atoms with Crippen LogP contribution in [0.3, 0.4) is 0 Å². The van der Waals surface area contributed by atoms with Crippen molar-refractivity contribution in [1.82, 2.24) is 4.98 Å². The molecule has 2 aliphatic rings. The number of aryl methyl sites for hydroxylation is 1. The second-order valence-electron chi connectivity index (χ2n) is 12.4. The van der Waals surface area contributed by atoms with Gasteiger partial charge in [-0.3, -0.25) is 9.78 Å². The van der Waals surface area contributed by atoms with Crippen LogP contribution in [-0.4, -0.2) is 55.1 Å². The number of pyridine rings is 1. The second kappa shape index (κ2) is 13.9. The van der Waals surface area contributed by atoms with Gasteiger partial charge in [-0.15, -0.1) is 0 Å². The molecule has 5 rings (SSSR count). The van der Waals surface area contributed by atoms with E-state index in [1.165, 1.54) is 12.1 Å². The van der Waals surface area contributed by atoms with E-state index < -0.39 is 5.97 Å². The average molecular weight is 591 g/mol. The van der Waals surface area contributed by atoms with E-state index in [2.05, 4.69) is 18.7 Å². The number of anilines is 1. The Kier molecular flexibility index (Phi) is 9.98. The van der Waals surface area contributed by atoms with Crippen LogP contribution in [0.25, 0.3) is 11.1 Å². The minimum Gasteiger partial charge on any atom is -0.493 e. The first-order valence-corrected chi connectivity index (χ1v) is 15.3. The van der Waals surface area contributed by atoms with E-state index in [4.69, 9.17) is 19.2 Å². The van der Waals surface area contributed by atoms with E-state index in [1.807, 2.05) is 31.2 Å². The monoisotopic (exact) mass is 590 g/mol. The van der Waals surface area contributed by atoms with E-state index in [1.54, 1.807) is 12.1 Å². The summed E-state index contributed by atoms with van der Waals surface area (Å²) >= 11 is 0. The van der Waals surface area contributed by atoms with Gasteiger partial charge in [0.25, 0.3) is 0 Å². The third-order valence-electron chi connectivity index (χ3n) is 8.65. The zero-order chi connectivity index (χ0) is 30.4. The maximum absolute atomic E-state index is 13.2. The fraction of sp³-hybridized carbons (Fsp3) is 0.486. The largest absolute Gasteiger partial charge is 0.493 e. The Morgan fingerprint density at radius 3 is 2.40 bits per heavy atom. The zero-order valence-corrected chi connectivity index (χ0v) is 25.5. The van der Waals surface area contributed by atoms with E-state index in [0.717, 1.165) is 83.9 Å². The fourth-order valence-electron chi connectivity index (χ4n) is 5.94. The third-order valence-corrected chi connectivity index (χ3v) is 8.65. The van der Waals surface area contributed by atoms with Crippen LogP contribution in [0.4, 0.5) is 10.1 Å². The number of hydrogen-bond donors (Lipinski definition) is 1. The molecule has 0 saturated carbocycles. The van der Waals surface area contributed by atoms with Crippen molar-refractivity contribution in [2.75, 3.05) is 37.8 Å². The number of benzene rings is 2. The molecule has 0 atom stereocenters. The predicted molar refractivity (Wildman–Crippen MR) is 165 cm³/mol. The molecule has 8 heteroatoms. The van der Waals surface area contributed by atoms with E-state index in [0.29, 0.717) is 32.8 Å². The number of nitrogens with zero attached hydrogens (tertiary/aromatic N) is 2. The number of halogens is 1. The van der Waals surface area contributed by atoms with Crippen LogP contribution in [-0.2, 0) is 33.7 Å². The smallest absolute Gasteiger partial charge is 0.307 e. The van der Waals surface area contributed by atoms with E-state index in [9.17, 15) is 14.3 Å².